The molecule has 0 spiro atoms. The SMILES string of the molecule is O=C(NOCc1ccccc1)c1ccncc1Nc1ccc(I)cc1Cl. The highest BCUT2D eigenvalue weighted by Gasteiger charge is 2.13. The van der Waals surface area contributed by atoms with Crippen molar-refractivity contribution in [2.45, 2.75) is 6.61 Å². The van der Waals surface area contributed by atoms with E-state index in [0.717, 1.165) is 9.13 Å². The van der Waals surface area contributed by atoms with Gasteiger partial charge in [-0.25, -0.2) is 5.48 Å². The maximum atomic E-state index is 12.4. The fourth-order valence-electron chi connectivity index (χ4n) is 2.24. The van der Waals surface area contributed by atoms with E-state index in [9.17, 15) is 4.79 Å². The Labute approximate surface area is 169 Å². The molecular weight excluding hydrogens is 465 g/mol. The lowest BCUT2D eigenvalue weighted by Gasteiger charge is -2.13. The first-order valence-corrected chi connectivity index (χ1v) is 9.21. The van der Waals surface area contributed by atoms with Crippen molar-refractivity contribution in [2.24, 2.45) is 0 Å². The third-order valence-corrected chi connectivity index (χ3v) is 4.50. The van der Waals surface area contributed by atoms with Crippen LogP contribution in [0.15, 0.2) is 67.0 Å². The van der Waals surface area contributed by atoms with Gasteiger partial charge in [-0.3, -0.25) is 14.6 Å². The molecule has 5 nitrogen and oxygen atoms in total. The van der Waals surface area contributed by atoms with Crippen molar-refractivity contribution in [2.75, 3.05) is 5.32 Å². The molecule has 7 heteroatoms. The number of hydrogen-bond donors (Lipinski definition) is 2. The minimum absolute atomic E-state index is 0.281. The molecule has 0 unspecified atom stereocenters. The number of carbonyl (C=O) groups is 1. The molecule has 26 heavy (non-hydrogen) atoms. The van der Waals surface area contributed by atoms with Gasteiger partial charge in [0, 0.05) is 9.77 Å². The zero-order valence-corrected chi connectivity index (χ0v) is 16.5. The number of pyridine rings is 1. The van der Waals surface area contributed by atoms with Crippen molar-refractivity contribution in [1.82, 2.24) is 10.5 Å². The van der Waals surface area contributed by atoms with Crippen LogP contribution in [0.2, 0.25) is 5.02 Å². The van der Waals surface area contributed by atoms with Gasteiger partial charge in [0.1, 0.15) is 0 Å². The number of hydrogen-bond acceptors (Lipinski definition) is 4. The number of benzene rings is 2. The molecule has 0 radical (unpaired) electrons. The molecule has 0 aliphatic carbocycles. The molecule has 0 aliphatic rings. The standard InChI is InChI=1S/C19H15ClIN3O2/c20-16-10-14(21)6-7-17(16)23-18-11-22-9-8-15(18)19(25)24-26-12-13-4-2-1-3-5-13/h1-11,23H,12H2,(H,24,25). The Kier molecular flexibility index (Phi) is 6.43. The zero-order valence-electron chi connectivity index (χ0n) is 13.6. The largest absolute Gasteiger partial charge is 0.352 e. The smallest absolute Gasteiger partial charge is 0.277 e. The molecule has 1 aromatic heterocycles. The second-order valence-electron chi connectivity index (χ2n) is 5.38. The molecule has 0 bridgehead atoms. The summed E-state index contributed by atoms with van der Waals surface area (Å²) in [6.07, 6.45) is 3.12. The average Bonchev–Trinajstić information content (AvgIpc) is 2.65. The third-order valence-electron chi connectivity index (χ3n) is 3.51. The Bertz CT molecular complexity index is 906. The maximum absolute atomic E-state index is 12.4. The van der Waals surface area contributed by atoms with Gasteiger partial charge in [-0.15, -0.1) is 0 Å². The van der Waals surface area contributed by atoms with E-state index < -0.39 is 0 Å². The number of amides is 1. The molecule has 1 heterocycles. The molecular formula is C19H15ClIN3O2. The number of carbonyl (C=O) groups excluding carboxylic acids is 1. The summed E-state index contributed by atoms with van der Waals surface area (Å²) >= 11 is 8.43. The fourth-order valence-corrected chi connectivity index (χ4v) is 3.15. The summed E-state index contributed by atoms with van der Waals surface area (Å²) < 4.78 is 1.02. The third kappa shape index (κ3) is 4.94. The van der Waals surface area contributed by atoms with E-state index in [-0.39, 0.29) is 12.5 Å². The summed E-state index contributed by atoms with van der Waals surface area (Å²) in [6, 6.07) is 16.8. The van der Waals surface area contributed by atoms with Crippen LogP contribution in [-0.4, -0.2) is 10.9 Å². The number of anilines is 2. The van der Waals surface area contributed by atoms with E-state index in [4.69, 9.17) is 16.4 Å². The van der Waals surface area contributed by atoms with Crippen molar-refractivity contribution in [1.29, 1.82) is 0 Å². The van der Waals surface area contributed by atoms with Crippen LogP contribution >= 0.6 is 34.2 Å². The average molecular weight is 480 g/mol. The van der Waals surface area contributed by atoms with Crippen LogP contribution in [-0.2, 0) is 11.4 Å². The van der Waals surface area contributed by atoms with Crippen LogP contribution in [0.1, 0.15) is 15.9 Å². The molecule has 132 valence electrons. The monoisotopic (exact) mass is 479 g/mol. The van der Waals surface area contributed by atoms with Crippen molar-refractivity contribution in [3.63, 3.8) is 0 Å². The predicted octanol–water partition coefficient (Wildman–Crippen LogP) is 4.94. The van der Waals surface area contributed by atoms with Gasteiger partial charge in [0.2, 0.25) is 0 Å². The highest BCUT2D eigenvalue weighted by molar-refractivity contribution is 14.1. The van der Waals surface area contributed by atoms with E-state index in [2.05, 4.69) is 38.4 Å². The number of nitrogens with zero attached hydrogens (tertiary/aromatic N) is 1. The summed E-state index contributed by atoms with van der Waals surface area (Å²) in [5.74, 6) is -0.368. The second kappa shape index (κ2) is 8.98. The first-order chi connectivity index (χ1) is 12.6. The summed E-state index contributed by atoms with van der Waals surface area (Å²) in [7, 11) is 0. The molecule has 0 fully saturated rings. The van der Waals surface area contributed by atoms with E-state index >= 15 is 0 Å². The molecule has 0 saturated carbocycles. The number of hydroxylamine groups is 1. The molecule has 2 aromatic carbocycles. The predicted molar refractivity (Wildman–Crippen MR) is 110 cm³/mol. The van der Waals surface area contributed by atoms with Crippen molar-refractivity contribution in [3.05, 3.63) is 86.7 Å². The van der Waals surface area contributed by atoms with Gasteiger partial charge in [-0.1, -0.05) is 41.9 Å². The van der Waals surface area contributed by atoms with Gasteiger partial charge in [0.05, 0.1) is 34.8 Å². The van der Waals surface area contributed by atoms with Crippen LogP contribution in [0, 0.1) is 3.57 Å². The Morgan fingerprint density at radius 1 is 1.12 bits per heavy atom. The minimum Gasteiger partial charge on any atom is -0.352 e. The molecule has 1 amide bonds. The lowest BCUT2D eigenvalue weighted by molar-refractivity contribution is 0.0234. The molecule has 2 N–H and O–H groups in total. The van der Waals surface area contributed by atoms with Crippen LogP contribution in [0.4, 0.5) is 11.4 Å². The van der Waals surface area contributed by atoms with E-state index in [1.165, 1.54) is 0 Å². The quantitative estimate of drug-likeness (QED) is 0.388. The number of nitrogens with one attached hydrogen (secondary N) is 2. The van der Waals surface area contributed by atoms with Crippen LogP contribution < -0.4 is 10.8 Å². The summed E-state index contributed by atoms with van der Waals surface area (Å²) in [5, 5.41) is 3.71. The number of rotatable bonds is 6. The van der Waals surface area contributed by atoms with Gasteiger partial charge in [-0.2, -0.15) is 0 Å². The zero-order chi connectivity index (χ0) is 18.4. The maximum Gasteiger partial charge on any atom is 0.277 e. The van der Waals surface area contributed by atoms with E-state index in [1.807, 2.05) is 48.5 Å². The molecule has 0 atom stereocenters. The molecule has 0 aliphatic heterocycles. The highest BCUT2D eigenvalue weighted by Crippen LogP contribution is 2.28. The Morgan fingerprint density at radius 3 is 2.69 bits per heavy atom. The van der Waals surface area contributed by atoms with Gasteiger partial charge in [0.25, 0.3) is 5.91 Å². The van der Waals surface area contributed by atoms with Gasteiger partial charge >= 0.3 is 0 Å². The van der Waals surface area contributed by atoms with Crippen LogP contribution in [0.25, 0.3) is 0 Å². The number of halogens is 2. The number of aromatic nitrogens is 1. The second-order valence-corrected chi connectivity index (χ2v) is 7.03. The van der Waals surface area contributed by atoms with Gasteiger partial charge in [-0.05, 0) is 52.4 Å². The Balaban J connectivity index is 1.69. The van der Waals surface area contributed by atoms with Crippen molar-refractivity contribution in [3.8, 4) is 0 Å². The van der Waals surface area contributed by atoms with Crippen LogP contribution in [0.3, 0.4) is 0 Å². The summed E-state index contributed by atoms with van der Waals surface area (Å²) in [4.78, 5) is 21.8. The van der Waals surface area contributed by atoms with E-state index in [1.54, 1.807) is 18.5 Å². The van der Waals surface area contributed by atoms with Crippen molar-refractivity contribution < 1.29 is 9.63 Å². The minimum atomic E-state index is -0.368. The van der Waals surface area contributed by atoms with Gasteiger partial charge < -0.3 is 5.32 Å². The normalized spacial score (nSPS) is 10.4. The van der Waals surface area contributed by atoms with Gasteiger partial charge in [0.15, 0.2) is 0 Å². The molecule has 3 rings (SSSR count). The first kappa shape index (κ1) is 18.6. The Morgan fingerprint density at radius 2 is 1.92 bits per heavy atom. The summed E-state index contributed by atoms with van der Waals surface area (Å²) in [6.45, 7) is 0.281. The fraction of sp³-hybridized carbons (Fsp3) is 0.0526. The summed E-state index contributed by atoms with van der Waals surface area (Å²) in [5.41, 5.74) is 5.06. The van der Waals surface area contributed by atoms with E-state index in [0.29, 0.717) is 22.0 Å². The Hall–Kier alpha value is -2.16. The first-order valence-electron chi connectivity index (χ1n) is 7.75. The topological polar surface area (TPSA) is 63.2 Å². The van der Waals surface area contributed by atoms with Crippen molar-refractivity contribution >= 4 is 51.5 Å². The molecule has 3 aromatic rings. The highest BCUT2D eigenvalue weighted by atomic mass is 127. The lowest BCUT2D eigenvalue weighted by Crippen LogP contribution is -2.24. The molecule has 0 saturated heterocycles. The lowest BCUT2D eigenvalue weighted by atomic mass is 10.2. The van der Waals surface area contributed by atoms with Crippen LogP contribution in [0.5, 0.6) is 0 Å².